The average molecular weight is 280 g/mol. The fourth-order valence-electron chi connectivity index (χ4n) is 3.05. The summed E-state index contributed by atoms with van der Waals surface area (Å²) in [5.41, 5.74) is 0.893. The maximum Gasteiger partial charge on any atom is 0.159 e. The van der Waals surface area contributed by atoms with Gasteiger partial charge in [-0.25, -0.2) is 8.78 Å². The van der Waals surface area contributed by atoms with Gasteiger partial charge in [-0.15, -0.1) is 0 Å². The number of ketones is 1. The van der Waals surface area contributed by atoms with E-state index in [0.717, 1.165) is 18.9 Å². The molecule has 0 heterocycles. The van der Waals surface area contributed by atoms with Crippen LogP contribution in [-0.2, 0) is 11.2 Å². The SMILES string of the molecule is CC(C)(C)C1CCC(=O)C(Cc2ccc(F)c(F)c2)C1. The van der Waals surface area contributed by atoms with Crippen molar-refractivity contribution in [3.05, 3.63) is 35.4 Å². The molecule has 0 amide bonds. The summed E-state index contributed by atoms with van der Waals surface area (Å²) in [6.45, 7) is 6.59. The van der Waals surface area contributed by atoms with Gasteiger partial charge in [0.2, 0.25) is 0 Å². The number of halogens is 2. The Bertz CT molecular complexity index is 502. The van der Waals surface area contributed by atoms with Crippen molar-refractivity contribution in [2.45, 2.75) is 46.5 Å². The summed E-state index contributed by atoms with van der Waals surface area (Å²) >= 11 is 0. The molecule has 0 spiro atoms. The number of carbonyl (C=O) groups excluding carboxylic acids is 1. The molecule has 1 aliphatic rings. The Hall–Kier alpha value is -1.25. The van der Waals surface area contributed by atoms with E-state index in [1.807, 2.05) is 0 Å². The highest BCUT2D eigenvalue weighted by Crippen LogP contribution is 2.39. The smallest absolute Gasteiger partial charge is 0.159 e. The van der Waals surface area contributed by atoms with Crippen molar-refractivity contribution in [2.75, 3.05) is 0 Å². The van der Waals surface area contributed by atoms with E-state index in [0.29, 0.717) is 24.3 Å². The van der Waals surface area contributed by atoms with Crippen molar-refractivity contribution in [1.29, 1.82) is 0 Å². The molecule has 1 saturated carbocycles. The van der Waals surface area contributed by atoms with Crippen LogP contribution in [0.5, 0.6) is 0 Å². The highest BCUT2D eigenvalue weighted by Gasteiger charge is 2.34. The van der Waals surface area contributed by atoms with Crippen molar-refractivity contribution < 1.29 is 13.6 Å². The van der Waals surface area contributed by atoms with Crippen LogP contribution in [0.3, 0.4) is 0 Å². The topological polar surface area (TPSA) is 17.1 Å². The van der Waals surface area contributed by atoms with Crippen LogP contribution in [0.25, 0.3) is 0 Å². The Morgan fingerprint density at radius 1 is 1.20 bits per heavy atom. The largest absolute Gasteiger partial charge is 0.299 e. The molecule has 2 rings (SSSR count). The Morgan fingerprint density at radius 3 is 2.50 bits per heavy atom. The van der Waals surface area contributed by atoms with E-state index in [1.54, 1.807) is 6.07 Å². The Balaban J connectivity index is 2.10. The fraction of sp³-hybridized carbons (Fsp3) is 0.588. The van der Waals surface area contributed by atoms with Crippen molar-refractivity contribution in [3.8, 4) is 0 Å². The lowest BCUT2D eigenvalue weighted by Gasteiger charge is -2.37. The summed E-state index contributed by atoms with van der Waals surface area (Å²) in [4.78, 5) is 12.1. The molecule has 1 aromatic rings. The number of rotatable bonds is 2. The number of benzene rings is 1. The van der Waals surface area contributed by atoms with Gasteiger partial charge in [-0.05, 0) is 48.3 Å². The molecule has 1 aliphatic carbocycles. The molecule has 0 aromatic heterocycles. The van der Waals surface area contributed by atoms with Crippen LogP contribution in [0.1, 0.15) is 45.6 Å². The normalized spacial score (nSPS) is 23.9. The second-order valence-corrected chi connectivity index (χ2v) is 6.95. The average Bonchev–Trinajstić information content (AvgIpc) is 2.35. The lowest BCUT2D eigenvalue weighted by atomic mass is 9.67. The summed E-state index contributed by atoms with van der Waals surface area (Å²) < 4.78 is 26.2. The Morgan fingerprint density at radius 2 is 1.90 bits per heavy atom. The first kappa shape index (κ1) is 15.1. The first-order valence-corrected chi connectivity index (χ1v) is 7.24. The number of Topliss-reactive ketones (excluding diaryl/α,β-unsaturated/α-hetero) is 1. The summed E-state index contributed by atoms with van der Waals surface area (Å²) in [5, 5.41) is 0. The van der Waals surface area contributed by atoms with Gasteiger partial charge >= 0.3 is 0 Å². The first-order chi connectivity index (χ1) is 9.27. The van der Waals surface area contributed by atoms with Crippen molar-refractivity contribution in [1.82, 2.24) is 0 Å². The number of hydrogen-bond acceptors (Lipinski definition) is 1. The van der Waals surface area contributed by atoms with E-state index < -0.39 is 11.6 Å². The van der Waals surface area contributed by atoms with E-state index in [9.17, 15) is 13.6 Å². The zero-order valence-corrected chi connectivity index (χ0v) is 12.4. The molecule has 0 aliphatic heterocycles. The van der Waals surface area contributed by atoms with E-state index in [-0.39, 0.29) is 17.1 Å². The monoisotopic (exact) mass is 280 g/mol. The van der Waals surface area contributed by atoms with E-state index in [1.165, 1.54) is 6.07 Å². The second-order valence-electron chi connectivity index (χ2n) is 6.95. The number of carbonyl (C=O) groups is 1. The summed E-state index contributed by atoms with van der Waals surface area (Å²) in [7, 11) is 0. The predicted octanol–water partition coefficient (Wildman–Crippen LogP) is 4.54. The van der Waals surface area contributed by atoms with Crippen molar-refractivity contribution in [2.24, 2.45) is 17.3 Å². The quantitative estimate of drug-likeness (QED) is 0.777. The van der Waals surface area contributed by atoms with Crippen molar-refractivity contribution in [3.63, 3.8) is 0 Å². The summed E-state index contributed by atoms with van der Waals surface area (Å²) in [6.07, 6.45) is 2.91. The summed E-state index contributed by atoms with van der Waals surface area (Å²) in [6, 6.07) is 3.93. The maximum absolute atomic E-state index is 13.2. The highest BCUT2D eigenvalue weighted by atomic mass is 19.2. The molecule has 0 saturated heterocycles. The third kappa shape index (κ3) is 3.44. The number of hydrogen-bond donors (Lipinski definition) is 0. The fourth-order valence-corrected chi connectivity index (χ4v) is 3.05. The third-order valence-corrected chi connectivity index (χ3v) is 4.45. The van der Waals surface area contributed by atoms with Gasteiger partial charge in [0.25, 0.3) is 0 Å². The van der Waals surface area contributed by atoms with Gasteiger partial charge in [-0.1, -0.05) is 26.8 Å². The lowest BCUT2D eigenvalue weighted by Crippen LogP contribution is -2.33. The minimum atomic E-state index is -0.837. The highest BCUT2D eigenvalue weighted by molar-refractivity contribution is 5.82. The second kappa shape index (κ2) is 5.63. The van der Waals surface area contributed by atoms with Gasteiger partial charge in [-0.3, -0.25) is 4.79 Å². The van der Waals surface area contributed by atoms with Crippen molar-refractivity contribution >= 4 is 5.78 Å². The zero-order valence-electron chi connectivity index (χ0n) is 12.4. The molecule has 2 unspecified atom stereocenters. The molecule has 0 radical (unpaired) electrons. The standard InChI is InChI=1S/C17H22F2O/c1-17(2,3)13-5-7-16(20)12(10-13)8-11-4-6-14(18)15(19)9-11/h4,6,9,12-13H,5,7-8,10H2,1-3H3. The van der Waals surface area contributed by atoms with Crippen LogP contribution in [0.2, 0.25) is 0 Å². The van der Waals surface area contributed by atoms with Gasteiger partial charge in [0.15, 0.2) is 11.6 Å². The van der Waals surface area contributed by atoms with E-state index >= 15 is 0 Å². The van der Waals surface area contributed by atoms with Crippen LogP contribution < -0.4 is 0 Å². The molecule has 110 valence electrons. The zero-order chi connectivity index (χ0) is 14.9. The third-order valence-electron chi connectivity index (χ3n) is 4.45. The van der Waals surface area contributed by atoms with Crippen LogP contribution in [-0.4, -0.2) is 5.78 Å². The molecule has 1 fully saturated rings. The van der Waals surface area contributed by atoms with Gasteiger partial charge in [0, 0.05) is 12.3 Å². The molecular formula is C17H22F2O. The van der Waals surface area contributed by atoms with Gasteiger partial charge < -0.3 is 0 Å². The first-order valence-electron chi connectivity index (χ1n) is 7.24. The Kier molecular flexibility index (Phi) is 4.26. The van der Waals surface area contributed by atoms with Crippen LogP contribution in [0.15, 0.2) is 18.2 Å². The molecule has 1 nitrogen and oxygen atoms in total. The van der Waals surface area contributed by atoms with Gasteiger partial charge in [0.1, 0.15) is 5.78 Å². The molecule has 2 atom stereocenters. The van der Waals surface area contributed by atoms with E-state index in [4.69, 9.17) is 0 Å². The van der Waals surface area contributed by atoms with Crippen LogP contribution in [0, 0.1) is 28.9 Å². The molecule has 0 bridgehead atoms. The Labute approximate surface area is 119 Å². The molecular weight excluding hydrogens is 258 g/mol. The van der Waals surface area contributed by atoms with E-state index in [2.05, 4.69) is 20.8 Å². The molecule has 3 heteroatoms. The lowest BCUT2D eigenvalue weighted by molar-refractivity contribution is -0.126. The summed E-state index contributed by atoms with van der Waals surface area (Å²) in [5.74, 6) is -0.960. The van der Waals surface area contributed by atoms with Gasteiger partial charge in [-0.2, -0.15) is 0 Å². The predicted molar refractivity (Wildman–Crippen MR) is 75.4 cm³/mol. The minimum absolute atomic E-state index is 0.0576. The molecule has 20 heavy (non-hydrogen) atoms. The minimum Gasteiger partial charge on any atom is -0.299 e. The molecule has 1 aromatic carbocycles. The van der Waals surface area contributed by atoms with Crippen LogP contribution in [0.4, 0.5) is 8.78 Å². The molecule has 0 N–H and O–H groups in total. The maximum atomic E-state index is 13.2. The van der Waals surface area contributed by atoms with Crippen LogP contribution >= 0.6 is 0 Å². The van der Waals surface area contributed by atoms with Gasteiger partial charge in [0.05, 0.1) is 0 Å².